The van der Waals surface area contributed by atoms with Crippen LogP contribution >= 0.6 is 22.5 Å². The zero-order valence-corrected chi connectivity index (χ0v) is 17.7. The molecule has 0 radical (unpaired) electrons. The summed E-state index contributed by atoms with van der Waals surface area (Å²) in [7, 11) is -1.04. The van der Waals surface area contributed by atoms with Crippen molar-refractivity contribution < 1.29 is 22.5 Å². The molecule has 0 saturated carbocycles. The third kappa shape index (κ3) is 3.98. The third-order valence-electron chi connectivity index (χ3n) is 3.87. The number of furan rings is 1. The molecule has 28 heavy (non-hydrogen) atoms. The Morgan fingerprint density at radius 3 is 2.71 bits per heavy atom. The average Bonchev–Trinajstić information content (AvgIpc) is 3.35. The summed E-state index contributed by atoms with van der Waals surface area (Å²) in [5, 5.41) is 17.7. The lowest BCUT2D eigenvalue weighted by Crippen LogP contribution is -2.21. The molecule has 0 amide bonds. The molecule has 13 heteroatoms. The molecule has 0 aromatic carbocycles. The zero-order chi connectivity index (χ0) is 20.5. The summed E-state index contributed by atoms with van der Waals surface area (Å²) < 4.78 is 50.4. The quantitative estimate of drug-likeness (QED) is 0.445. The van der Waals surface area contributed by atoms with Crippen LogP contribution in [0.2, 0.25) is 0 Å². The van der Waals surface area contributed by atoms with Crippen molar-refractivity contribution in [1.82, 2.24) is 13.1 Å². The first kappa shape index (κ1) is 20.5. The maximum atomic E-state index is 12.3. The molecule has 0 aliphatic rings. The molecule has 3 heterocycles. The topological polar surface area (TPSA) is 144 Å². The van der Waals surface area contributed by atoms with Crippen LogP contribution in [0.1, 0.15) is 25.1 Å². The molecule has 10 nitrogen and oxygen atoms in total. The minimum Gasteiger partial charge on any atom is -0.546 e. The Hall–Kier alpha value is -2.19. The van der Waals surface area contributed by atoms with Crippen LogP contribution in [-0.4, -0.2) is 45.2 Å². The van der Waals surface area contributed by atoms with Gasteiger partial charge in [0.15, 0.2) is 21.1 Å². The van der Waals surface area contributed by atoms with E-state index in [-0.39, 0.29) is 27.6 Å². The van der Waals surface area contributed by atoms with E-state index in [1.165, 1.54) is 19.5 Å². The standard InChI is InChI=1S/C15H19N5O5S3/c1-4-9(11-6-5-7-25-11)16-13-14(19-27(22)18-13)17-10-8-26-15(12(10)21)28(23,24)20(2)3/h5-9,21H,4H2,1-3H3,(H,16,18)(H,17,19)/t9-,27?/m1/s1. The molecule has 3 rings (SSSR count). The molecular weight excluding hydrogens is 426 g/mol. The summed E-state index contributed by atoms with van der Waals surface area (Å²) in [5.74, 6) is 0.603. The number of thiophene rings is 1. The van der Waals surface area contributed by atoms with Gasteiger partial charge in [0.2, 0.25) is 11.6 Å². The monoisotopic (exact) mass is 445 g/mol. The van der Waals surface area contributed by atoms with Gasteiger partial charge in [0.05, 0.1) is 18.0 Å². The normalized spacial score (nSPS) is 13.7. The van der Waals surface area contributed by atoms with E-state index >= 15 is 0 Å². The SMILES string of the molecule is CC[C@@H](Nc1n[s+]([O-])nc1Nc1csc(S(=O)(=O)N(C)C)c1O)c1ccco1. The molecule has 3 N–H and O–H groups in total. The van der Waals surface area contributed by atoms with Gasteiger partial charge in [0.25, 0.3) is 10.0 Å². The van der Waals surface area contributed by atoms with E-state index in [1.54, 1.807) is 18.4 Å². The Labute approximate surface area is 169 Å². The maximum Gasteiger partial charge on any atom is 0.255 e. The van der Waals surface area contributed by atoms with Gasteiger partial charge >= 0.3 is 0 Å². The Morgan fingerprint density at radius 1 is 1.39 bits per heavy atom. The molecule has 0 aliphatic heterocycles. The summed E-state index contributed by atoms with van der Waals surface area (Å²) in [6.07, 6.45) is 2.22. The number of hydrogen-bond donors (Lipinski definition) is 3. The van der Waals surface area contributed by atoms with E-state index in [0.29, 0.717) is 12.2 Å². The minimum atomic E-state index is -3.79. The smallest absolute Gasteiger partial charge is 0.255 e. The van der Waals surface area contributed by atoms with Crippen molar-refractivity contribution in [3.05, 3.63) is 29.5 Å². The van der Waals surface area contributed by atoms with Gasteiger partial charge in [-0.15, -0.1) is 11.3 Å². The van der Waals surface area contributed by atoms with Crippen LogP contribution in [0.5, 0.6) is 5.75 Å². The van der Waals surface area contributed by atoms with Gasteiger partial charge in [-0.05, 0) is 18.6 Å². The number of rotatable bonds is 8. The van der Waals surface area contributed by atoms with Gasteiger partial charge in [-0.3, -0.25) is 0 Å². The van der Waals surface area contributed by atoms with Gasteiger partial charge in [0, 0.05) is 28.2 Å². The first-order valence-electron chi connectivity index (χ1n) is 8.13. The van der Waals surface area contributed by atoms with Crippen molar-refractivity contribution in [2.45, 2.75) is 23.6 Å². The fourth-order valence-corrected chi connectivity index (χ4v) is 5.37. The molecule has 3 aromatic heterocycles. The number of nitrogens with one attached hydrogen (secondary N) is 2. The van der Waals surface area contributed by atoms with Crippen LogP contribution in [0.25, 0.3) is 0 Å². The van der Waals surface area contributed by atoms with Crippen molar-refractivity contribution in [3.8, 4) is 5.75 Å². The zero-order valence-electron chi connectivity index (χ0n) is 15.2. The first-order chi connectivity index (χ1) is 13.2. The molecule has 0 bridgehead atoms. The van der Waals surface area contributed by atoms with Crippen LogP contribution < -0.4 is 10.6 Å². The second kappa shape index (κ2) is 8.05. The van der Waals surface area contributed by atoms with Crippen LogP contribution in [-0.2, 0) is 10.0 Å². The first-order valence-corrected chi connectivity index (χ1v) is 11.5. The Kier molecular flexibility index (Phi) is 5.90. The molecule has 1 unspecified atom stereocenters. The summed E-state index contributed by atoms with van der Waals surface area (Å²) in [5.41, 5.74) is 0.128. The number of sulfonamides is 1. The van der Waals surface area contributed by atoms with Gasteiger partial charge < -0.3 is 24.7 Å². The van der Waals surface area contributed by atoms with E-state index in [2.05, 4.69) is 19.4 Å². The average molecular weight is 446 g/mol. The number of hydrogen-bond acceptors (Lipinski definition) is 10. The second-order valence-electron chi connectivity index (χ2n) is 5.93. The Morgan fingerprint density at radius 2 is 2.11 bits per heavy atom. The summed E-state index contributed by atoms with van der Waals surface area (Å²) in [6.45, 7) is 1.94. The van der Waals surface area contributed by atoms with E-state index in [9.17, 15) is 18.1 Å². The lowest BCUT2D eigenvalue weighted by atomic mass is 10.2. The second-order valence-corrected chi connectivity index (χ2v) is 9.98. The van der Waals surface area contributed by atoms with Crippen LogP contribution in [0.15, 0.2) is 32.4 Å². The number of anilines is 3. The molecular formula is C15H19N5O5S3. The number of aromatic hydroxyl groups is 1. The summed E-state index contributed by atoms with van der Waals surface area (Å²) >= 11 is -0.965. The highest BCUT2D eigenvalue weighted by Crippen LogP contribution is 2.41. The van der Waals surface area contributed by atoms with Crippen molar-refractivity contribution in [3.63, 3.8) is 0 Å². The Bertz CT molecular complexity index is 1040. The minimum absolute atomic E-state index is 0.128. The van der Waals surface area contributed by atoms with Crippen molar-refractivity contribution in [1.29, 1.82) is 0 Å². The molecule has 0 saturated heterocycles. The highest BCUT2D eigenvalue weighted by molar-refractivity contribution is 7.91. The predicted molar refractivity (Wildman–Crippen MR) is 106 cm³/mol. The molecule has 0 aliphatic carbocycles. The van der Waals surface area contributed by atoms with Crippen LogP contribution in [0.3, 0.4) is 0 Å². The van der Waals surface area contributed by atoms with Gasteiger partial charge in [0.1, 0.15) is 5.76 Å². The number of aromatic nitrogens is 2. The summed E-state index contributed by atoms with van der Waals surface area (Å²) in [6, 6.07) is 3.34. The molecule has 3 aromatic rings. The van der Waals surface area contributed by atoms with Gasteiger partial charge in [-0.2, -0.15) is 0 Å². The Balaban J connectivity index is 1.88. The lowest BCUT2D eigenvalue weighted by Gasteiger charge is -2.13. The van der Waals surface area contributed by atoms with Gasteiger partial charge in [-0.1, -0.05) is 6.92 Å². The van der Waals surface area contributed by atoms with E-state index in [0.717, 1.165) is 15.6 Å². The molecule has 0 spiro atoms. The summed E-state index contributed by atoms with van der Waals surface area (Å²) in [4.78, 5) is 0. The van der Waals surface area contributed by atoms with Crippen LogP contribution in [0, 0.1) is 0 Å². The van der Waals surface area contributed by atoms with Crippen LogP contribution in [0.4, 0.5) is 17.3 Å². The highest BCUT2D eigenvalue weighted by atomic mass is 32.2. The highest BCUT2D eigenvalue weighted by Gasteiger charge is 2.28. The molecule has 0 fully saturated rings. The van der Waals surface area contributed by atoms with E-state index < -0.39 is 26.9 Å². The predicted octanol–water partition coefficient (Wildman–Crippen LogP) is 3.12. The lowest BCUT2D eigenvalue weighted by molar-refractivity contribution is 0.460. The number of nitrogens with zero attached hydrogens (tertiary/aromatic N) is 3. The van der Waals surface area contributed by atoms with Crippen molar-refractivity contribution >= 4 is 49.8 Å². The fourth-order valence-electron chi connectivity index (χ4n) is 2.37. The maximum absolute atomic E-state index is 12.3. The van der Waals surface area contributed by atoms with Crippen molar-refractivity contribution in [2.24, 2.45) is 0 Å². The van der Waals surface area contributed by atoms with E-state index in [1.807, 2.05) is 6.92 Å². The van der Waals surface area contributed by atoms with Crippen molar-refractivity contribution in [2.75, 3.05) is 24.7 Å². The van der Waals surface area contributed by atoms with E-state index in [4.69, 9.17) is 4.42 Å². The van der Waals surface area contributed by atoms with Gasteiger partial charge in [-0.25, -0.2) is 12.7 Å². The molecule has 152 valence electrons. The largest absolute Gasteiger partial charge is 0.546 e. The fraction of sp³-hybridized carbons (Fsp3) is 0.333. The third-order valence-corrected chi connectivity index (χ3v) is 7.85. The molecule has 2 atom stereocenters.